The molecule has 44 heavy (non-hydrogen) atoms. The molecule has 0 spiro atoms. The smallest absolute Gasteiger partial charge is 0.262 e. The average Bonchev–Trinajstić information content (AvgIpc) is 3.31. The lowest BCUT2D eigenvalue weighted by Crippen LogP contribution is -2.34. The van der Waals surface area contributed by atoms with Gasteiger partial charge < -0.3 is 16.4 Å². The molecule has 4 aromatic rings. The van der Waals surface area contributed by atoms with Crippen LogP contribution in [0.4, 0.5) is 11.4 Å². The largest absolute Gasteiger partial charge is 0.330 e. The molecule has 226 valence electrons. The second-order valence-corrected chi connectivity index (χ2v) is 10.9. The first-order chi connectivity index (χ1) is 21.7. The van der Waals surface area contributed by atoms with Crippen LogP contribution >= 0.6 is 0 Å². The number of imide groups is 1. The summed E-state index contributed by atoms with van der Waals surface area (Å²) in [5.41, 5.74) is 9.23. The minimum atomic E-state index is -0.264. The Morgan fingerprint density at radius 2 is 1.11 bits per heavy atom. The maximum Gasteiger partial charge on any atom is 0.262 e. The van der Waals surface area contributed by atoms with Crippen LogP contribution in [0.15, 0.2) is 107 Å². The highest BCUT2D eigenvalue weighted by molar-refractivity contribution is 6.49. The minimum Gasteiger partial charge on any atom is -0.330 e. The van der Waals surface area contributed by atoms with E-state index < -0.39 is 0 Å². The Labute approximate surface area is 259 Å². The first kappa shape index (κ1) is 30.9. The molecule has 2 amide bonds. The van der Waals surface area contributed by atoms with Crippen LogP contribution in [0.5, 0.6) is 0 Å². The van der Waals surface area contributed by atoms with Crippen molar-refractivity contribution >= 4 is 45.1 Å². The topological polar surface area (TPSA) is 112 Å². The fraction of sp³-hybridized carbons (Fsp3) is 0.278. The third-order valence-corrected chi connectivity index (χ3v) is 7.65. The van der Waals surface area contributed by atoms with Crippen LogP contribution in [-0.4, -0.2) is 56.0 Å². The molecule has 0 aliphatic carbocycles. The lowest BCUT2D eigenvalue weighted by molar-refractivity contribution is -0.136. The number of amides is 2. The molecule has 0 saturated heterocycles. The van der Waals surface area contributed by atoms with E-state index >= 15 is 0 Å². The molecule has 0 aromatic heterocycles. The number of hydrogen-bond acceptors (Lipinski definition) is 7. The van der Waals surface area contributed by atoms with Gasteiger partial charge in [0.25, 0.3) is 11.8 Å². The Hall–Kier alpha value is -4.50. The van der Waals surface area contributed by atoms with E-state index in [2.05, 4.69) is 20.9 Å². The number of fused-ring (bicyclic) bond motifs is 1. The van der Waals surface area contributed by atoms with E-state index in [4.69, 9.17) is 5.73 Å². The number of nitrogens with zero attached hydrogens (tertiary/aromatic N) is 3. The van der Waals surface area contributed by atoms with Crippen molar-refractivity contribution in [1.29, 1.82) is 0 Å². The van der Waals surface area contributed by atoms with Gasteiger partial charge in [-0.2, -0.15) is 10.2 Å². The number of rotatable bonds is 16. The minimum absolute atomic E-state index is 0.253. The summed E-state index contributed by atoms with van der Waals surface area (Å²) in [6, 6.07) is 30.8. The maximum absolute atomic E-state index is 13.9. The monoisotopic (exact) mass is 588 g/mol. The van der Waals surface area contributed by atoms with Crippen molar-refractivity contribution in [2.75, 3.05) is 39.3 Å². The molecular formula is C36H40N6O2. The van der Waals surface area contributed by atoms with Crippen LogP contribution in [0, 0.1) is 0 Å². The van der Waals surface area contributed by atoms with E-state index in [0.717, 1.165) is 67.5 Å². The van der Waals surface area contributed by atoms with E-state index in [-0.39, 0.29) is 11.8 Å². The number of nitrogens with two attached hydrogens (primary N) is 1. The molecule has 1 aliphatic heterocycles. The molecular weight excluding hydrogens is 548 g/mol. The molecule has 0 saturated carbocycles. The second-order valence-electron chi connectivity index (χ2n) is 10.9. The van der Waals surface area contributed by atoms with Crippen LogP contribution in [0.1, 0.15) is 36.8 Å². The van der Waals surface area contributed by atoms with Crippen molar-refractivity contribution < 1.29 is 9.59 Å². The Morgan fingerprint density at radius 1 is 0.568 bits per heavy atom. The van der Waals surface area contributed by atoms with Crippen molar-refractivity contribution in [3.63, 3.8) is 0 Å². The van der Waals surface area contributed by atoms with E-state index in [1.807, 2.05) is 97.1 Å². The predicted octanol–water partition coefficient (Wildman–Crippen LogP) is 6.23. The van der Waals surface area contributed by atoms with E-state index in [9.17, 15) is 9.59 Å². The van der Waals surface area contributed by atoms with Gasteiger partial charge in [-0.3, -0.25) is 14.5 Å². The van der Waals surface area contributed by atoms with E-state index in [1.165, 1.54) is 4.90 Å². The van der Waals surface area contributed by atoms with Crippen LogP contribution in [0.25, 0.3) is 21.9 Å². The zero-order valence-corrected chi connectivity index (χ0v) is 25.0. The van der Waals surface area contributed by atoms with Gasteiger partial charge in [0.2, 0.25) is 0 Å². The van der Waals surface area contributed by atoms with Crippen LogP contribution in [-0.2, 0) is 9.59 Å². The molecule has 0 atom stereocenters. The number of azo groups is 1. The average molecular weight is 589 g/mol. The highest BCUT2D eigenvalue weighted by atomic mass is 16.2. The predicted molar refractivity (Wildman–Crippen MR) is 178 cm³/mol. The molecule has 0 bridgehead atoms. The van der Waals surface area contributed by atoms with Crippen LogP contribution in [0.2, 0.25) is 0 Å². The summed E-state index contributed by atoms with van der Waals surface area (Å²) >= 11 is 0. The number of nitrogens with one attached hydrogen (secondary N) is 2. The molecule has 0 fully saturated rings. The molecule has 4 aromatic carbocycles. The maximum atomic E-state index is 13.9. The highest BCUT2D eigenvalue weighted by Gasteiger charge is 2.39. The zero-order chi connectivity index (χ0) is 30.6. The summed E-state index contributed by atoms with van der Waals surface area (Å²) in [4.78, 5) is 29.1. The van der Waals surface area contributed by atoms with Crippen molar-refractivity contribution in [2.24, 2.45) is 16.0 Å². The highest BCUT2D eigenvalue weighted by Crippen LogP contribution is 2.37. The first-order valence-corrected chi connectivity index (χ1v) is 15.4. The molecule has 0 unspecified atom stereocenters. The molecule has 4 N–H and O–H groups in total. The molecule has 8 nitrogen and oxygen atoms in total. The number of unbranched alkanes of at least 4 members (excludes halogenated alkanes) is 1. The summed E-state index contributed by atoms with van der Waals surface area (Å²) in [5.74, 6) is -0.517. The Morgan fingerprint density at radius 3 is 1.80 bits per heavy atom. The number of carbonyl (C=O) groups is 2. The molecule has 1 heterocycles. The Kier molecular flexibility index (Phi) is 11.1. The summed E-state index contributed by atoms with van der Waals surface area (Å²) in [5, 5.41) is 17.6. The van der Waals surface area contributed by atoms with Crippen molar-refractivity contribution in [1.82, 2.24) is 15.5 Å². The van der Waals surface area contributed by atoms with Gasteiger partial charge in [-0.1, -0.05) is 66.7 Å². The van der Waals surface area contributed by atoms with Gasteiger partial charge in [0.05, 0.1) is 22.5 Å². The first-order valence-electron chi connectivity index (χ1n) is 15.4. The van der Waals surface area contributed by atoms with Gasteiger partial charge in [0.1, 0.15) is 0 Å². The lowest BCUT2D eigenvalue weighted by Gasteiger charge is -2.15. The van der Waals surface area contributed by atoms with Gasteiger partial charge >= 0.3 is 0 Å². The third kappa shape index (κ3) is 7.90. The summed E-state index contributed by atoms with van der Waals surface area (Å²) in [7, 11) is 0. The number of benzene rings is 4. The summed E-state index contributed by atoms with van der Waals surface area (Å²) < 4.78 is 0. The zero-order valence-electron chi connectivity index (χ0n) is 25.0. The van der Waals surface area contributed by atoms with Gasteiger partial charge in [0, 0.05) is 6.54 Å². The SMILES string of the molecule is NCCCNCCCCNCCCN1C(=O)C(c2ccc(N=Nc3ccccc3)cc2)=C(c2ccc3ccccc3c2)C1=O. The van der Waals surface area contributed by atoms with Gasteiger partial charge in [-0.05, 0) is 111 Å². The fourth-order valence-electron chi connectivity index (χ4n) is 5.30. The molecule has 1 aliphatic rings. The second kappa shape index (κ2) is 15.8. The lowest BCUT2D eigenvalue weighted by atomic mass is 9.94. The summed E-state index contributed by atoms with van der Waals surface area (Å²) in [6.07, 6.45) is 3.84. The Balaban J connectivity index is 1.29. The quantitative estimate of drug-likeness (QED) is 0.0816. The van der Waals surface area contributed by atoms with Gasteiger partial charge in [0.15, 0.2) is 0 Å². The van der Waals surface area contributed by atoms with Gasteiger partial charge in [-0.25, -0.2) is 0 Å². The fourth-order valence-corrected chi connectivity index (χ4v) is 5.30. The van der Waals surface area contributed by atoms with Crippen molar-refractivity contribution in [3.05, 3.63) is 108 Å². The van der Waals surface area contributed by atoms with Crippen LogP contribution < -0.4 is 16.4 Å². The molecule has 0 radical (unpaired) electrons. The normalized spacial score (nSPS) is 13.6. The van der Waals surface area contributed by atoms with Crippen LogP contribution in [0.3, 0.4) is 0 Å². The number of carbonyl (C=O) groups excluding carboxylic acids is 2. The molecule has 8 heteroatoms. The van der Waals surface area contributed by atoms with Gasteiger partial charge in [-0.15, -0.1) is 0 Å². The van der Waals surface area contributed by atoms with Crippen molar-refractivity contribution in [2.45, 2.75) is 25.7 Å². The number of hydrogen-bond donors (Lipinski definition) is 3. The van der Waals surface area contributed by atoms with Crippen molar-refractivity contribution in [3.8, 4) is 0 Å². The Bertz CT molecular complexity index is 1620. The standard InChI is InChI=1S/C36H40N6O2/c37-20-8-23-38-21-6-7-22-39-24-9-25-42-35(43)33(28-16-18-32(19-17-28)41-40-31-12-2-1-3-13-31)34(36(42)44)30-15-14-27-10-4-5-11-29(27)26-30/h1-5,10-19,26,38-39H,6-9,20-25,37H2. The third-order valence-electron chi connectivity index (χ3n) is 7.65. The van der Waals surface area contributed by atoms with E-state index in [0.29, 0.717) is 41.9 Å². The van der Waals surface area contributed by atoms with E-state index in [1.54, 1.807) is 0 Å². The molecule has 5 rings (SSSR count). The summed E-state index contributed by atoms with van der Waals surface area (Å²) in [6.45, 7) is 4.66.